The van der Waals surface area contributed by atoms with E-state index in [9.17, 15) is 8.42 Å². The maximum atomic E-state index is 11.4. The summed E-state index contributed by atoms with van der Waals surface area (Å²) in [6.45, 7) is 2.08. The Hall–Kier alpha value is -1.07. The zero-order chi connectivity index (χ0) is 13.9. The summed E-state index contributed by atoms with van der Waals surface area (Å²) in [5, 5.41) is 3.40. The number of methoxy groups -OCH3 is 1. The summed E-state index contributed by atoms with van der Waals surface area (Å²) in [5.41, 5.74) is 1.14. The average molecular weight is 283 g/mol. The van der Waals surface area contributed by atoms with Gasteiger partial charge in [0, 0.05) is 12.1 Å². The lowest BCUT2D eigenvalue weighted by atomic mass is 10.1. The van der Waals surface area contributed by atoms with Crippen LogP contribution in [0.5, 0.6) is 5.75 Å². The van der Waals surface area contributed by atoms with Crippen molar-refractivity contribution in [2.45, 2.75) is 31.8 Å². The molecule has 1 saturated heterocycles. The van der Waals surface area contributed by atoms with Crippen molar-refractivity contribution in [2.24, 2.45) is 0 Å². The SMILES string of the molecule is COc1ccccc1CC(C)NC1CCS(=O)(=O)C1. The highest BCUT2D eigenvalue weighted by atomic mass is 32.2. The summed E-state index contributed by atoms with van der Waals surface area (Å²) >= 11 is 0. The van der Waals surface area contributed by atoms with Crippen LogP contribution in [0.15, 0.2) is 24.3 Å². The summed E-state index contributed by atoms with van der Waals surface area (Å²) in [4.78, 5) is 0. The van der Waals surface area contributed by atoms with Crippen molar-refractivity contribution < 1.29 is 13.2 Å². The second-order valence-electron chi connectivity index (χ2n) is 5.18. The number of ether oxygens (including phenoxy) is 1. The summed E-state index contributed by atoms with van der Waals surface area (Å²) in [6.07, 6.45) is 1.55. The Morgan fingerprint density at radius 2 is 2.16 bits per heavy atom. The molecule has 106 valence electrons. The van der Waals surface area contributed by atoms with E-state index in [1.807, 2.05) is 24.3 Å². The van der Waals surface area contributed by atoms with Crippen LogP contribution in [0.3, 0.4) is 0 Å². The van der Waals surface area contributed by atoms with Crippen LogP contribution in [-0.4, -0.2) is 39.1 Å². The Morgan fingerprint density at radius 1 is 1.42 bits per heavy atom. The van der Waals surface area contributed by atoms with E-state index in [1.54, 1.807) is 7.11 Å². The monoisotopic (exact) mass is 283 g/mol. The van der Waals surface area contributed by atoms with Crippen LogP contribution in [0.1, 0.15) is 18.9 Å². The van der Waals surface area contributed by atoms with E-state index in [0.717, 1.165) is 24.2 Å². The zero-order valence-electron chi connectivity index (χ0n) is 11.4. The van der Waals surface area contributed by atoms with Gasteiger partial charge in [0.15, 0.2) is 9.84 Å². The standard InChI is InChI=1S/C14H21NO3S/c1-11(15-13-7-8-19(16,17)10-13)9-12-5-3-4-6-14(12)18-2/h3-6,11,13,15H,7-10H2,1-2H3. The molecule has 0 aliphatic carbocycles. The Balaban J connectivity index is 1.93. The molecule has 1 aliphatic heterocycles. The van der Waals surface area contributed by atoms with Gasteiger partial charge in [-0.2, -0.15) is 0 Å². The van der Waals surface area contributed by atoms with Gasteiger partial charge in [-0.3, -0.25) is 0 Å². The normalized spacial score (nSPS) is 23.2. The van der Waals surface area contributed by atoms with Crippen LogP contribution in [-0.2, 0) is 16.3 Å². The molecule has 1 aliphatic rings. The van der Waals surface area contributed by atoms with Gasteiger partial charge >= 0.3 is 0 Å². The van der Waals surface area contributed by atoms with Gasteiger partial charge < -0.3 is 10.1 Å². The third-order valence-electron chi connectivity index (χ3n) is 3.47. The Labute approximate surface area is 115 Å². The number of benzene rings is 1. The molecule has 2 rings (SSSR count). The van der Waals surface area contributed by atoms with Gasteiger partial charge in [0.1, 0.15) is 5.75 Å². The first kappa shape index (κ1) is 14.3. The number of sulfone groups is 1. The molecular formula is C14H21NO3S. The molecule has 0 radical (unpaired) electrons. The van der Waals surface area contributed by atoms with Crippen LogP contribution in [0.2, 0.25) is 0 Å². The third kappa shape index (κ3) is 3.94. The number of hydrogen-bond donors (Lipinski definition) is 1. The molecule has 2 unspecified atom stereocenters. The first-order chi connectivity index (χ1) is 9.00. The maximum absolute atomic E-state index is 11.4. The largest absolute Gasteiger partial charge is 0.496 e. The second-order valence-corrected chi connectivity index (χ2v) is 7.41. The molecule has 1 aromatic carbocycles. The van der Waals surface area contributed by atoms with Crippen LogP contribution in [0.4, 0.5) is 0 Å². The van der Waals surface area contributed by atoms with Crippen molar-refractivity contribution in [3.63, 3.8) is 0 Å². The summed E-state index contributed by atoms with van der Waals surface area (Å²) in [7, 11) is -1.15. The fraction of sp³-hybridized carbons (Fsp3) is 0.571. The minimum Gasteiger partial charge on any atom is -0.496 e. The van der Waals surface area contributed by atoms with Gasteiger partial charge in [0.05, 0.1) is 18.6 Å². The van der Waals surface area contributed by atoms with Crippen molar-refractivity contribution in [1.82, 2.24) is 5.32 Å². The van der Waals surface area contributed by atoms with Crippen molar-refractivity contribution in [3.8, 4) is 5.75 Å². The van der Waals surface area contributed by atoms with Crippen molar-refractivity contribution in [1.29, 1.82) is 0 Å². The lowest BCUT2D eigenvalue weighted by molar-refractivity contribution is 0.403. The molecule has 0 saturated carbocycles. The van der Waals surface area contributed by atoms with Gasteiger partial charge in [0.25, 0.3) is 0 Å². The van der Waals surface area contributed by atoms with Crippen molar-refractivity contribution in [2.75, 3.05) is 18.6 Å². The molecule has 0 aromatic heterocycles. The summed E-state index contributed by atoms with van der Waals surface area (Å²) < 4.78 is 28.2. The highest BCUT2D eigenvalue weighted by Gasteiger charge is 2.28. The van der Waals surface area contributed by atoms with Gasteiger partial charge in [-0.1, -0.05) is 18.2 Å². The molecule has 5 heteroatoms. The number of nitrogens with one attached hydrogen (secondary N) is 1. The van der Waals surface area contributed by atoms with Gasteiger partial charge in [-0.15, -0.1) is 0 Å². The van der Waals surface area contributed by atoms with Gasteiger partial charge in [-0.05, 0) is 31.4 Å². The molecule has 0 spiro atoms. The summed E-state index contributed by atoms with van der Waals surface area (Å²) in [6, 6.07) is 8.25. The Morgan fingerprint density at radius 3 is 2.79 bits per heavy atom. The zero-order valence-corrected chi connectivity index (χ0v) is 12.2. The molecule has 4 nitrogen and oxygen atoms in total. The molecule has 0 bridgehead atoms. The molecule has 19 heavy (non-hydrogen) atoms. The Kier molecular flexibility index (Phi) is 4.47. The number of hydrogen-bond acceptors (Lipinski definition) is 4. The van der Waals surface area contributed by atoms with E-state index in [1.165, 1.54) is 0 Å². The molecule has 0 amide bonds. The van der Waals surface area contributed by atoms with Crippen molar-refractivity contribution >= 4 is 9.84 Å². The van der Waals surface area contributed by atoms with Crippen LogP contribution in [0, 0.1) is 0 Å². The maximum Gasteiger partial charge on any atom is 0.151 e. The van der Waals surface area contributed by atoms with Gasteiger partial charge in [0.2, 0.25) is 0 Å². The highest BCUT2D eigenvalue weighted by Crippen LogP contribution is 2.19. The molecule has 1 heterocycles. The average Bonchev–Trinajstić information content (AvgIpc) is 2.69. The highest BCUT2D eigenvalue weighted by molar-refractivity contribution is 7.91. The van der Waals surface area contributed by atoms with Crippen LogP contribution in [0.25, 0.3) is 0 Å². The van der Waals surface area contributed by atoms with E-state index < -0.39 is 9.84 Å². The van der Waals surface area contributed by atoms with E-state index in [4.69, 9.17) is 4.74 Å². The molecule has 1 N–H and O–H groups in total. The molecule has 1 fully saturated rings. The molecule has 2 atom stereocenters. The predicted octanol–water partition coefficient (Wildman–Crippen LogP) is 1.40. The second kappa shape index (κ2) is 5.92. The fourth-order valence-corrected chi connectivity index (χ4v) is 4.28. The minimum absolute atomic E-state index is 0.0923. The van der Waals surface area contributed by atoms with Crippen LogP contribution < -0.4 is 10.1 Å². The number of para-hydroxylation sites is 1. The lowest BCUT2D eigenvalue weighted by Crippen LogP contribution is -2.38. The summed E-state index contributed by atoms with van der Waals surface area (Å²) in [5.74, 6) is 1.46. The lowest BCUT2D eigenvalue weighted by Gasteiger charge is -2.19. The van der Waals surface area contributed by atoms with Crippen molar-refractivity contribution in [3.05, 3.63) is 29.8 Å². The predicted molar refractivity (Wildman–Crippen MR) is 76.4 cm³/mol. The molecular weight excluding hydrogens is 262 g/mol. The third-order valence-corrected chi connectivity index (χ3v) is 5.24. The number of rotatable bonds is 5. The van der Waals surface area contributed by atoms with E-state index in [2.05, 4.69) is 12.2 Å². The Bertz CT molecular complexity index is 527. The van der Waals surface area contributed by atoms with E-state index in [-0.39, 0.29) is 17.8 Å². The molecule has 1 aromatic rings. The van der Waals surface area contributed by atoms with E-state index in [0.29, 0.717) is 5.75 Å². The van der Waals surface area contributed by atoms with Gasteiger partial charge in [-0.25, -0.2) is 8.42 Å². The topological polar surface area (TPSA) is 55.4 Å². The quantitative estimate of drug-likeness (QED) is 0.887. The smallest absolute Gasteiger partial charge is 0.151 e. The minimum atomic E-state index is -2.81. The van der Waals surface area contributed by atoms with E-state index >= 15 is 0 Å². The first-order valence-electron chi connectivity index (χ1n) is 6.58. The first-order valence-corrected chi connectivity index (χ1v) is 8.40. The van der Waals surface area contributed by atoms with Crippen LogP contribution >= 0.6 is 0 Å². The fourth-order valence-electron chi connectivity index (χ4n) is 2.59.